The minimum Gasteiger partial charge on any atom is -0.423 e. The number of hydrogen-bond donors (Lipinski definition) is 3. The molecule has 6 nitrogen and oxygen atoms in total. The number of carbonyl (C=O) groups is 2. The maximum Gasteiger partial charge on any atom is 0.488 e. The van der Waals surface area contributed by atoms with Crippen LogP contribution in [0.5, 0.6) is 0 Å². The molecule has 0 fully saturated rings. The fourth-order valence-electron chi connectivity index (χ4n) is 4.09. The third-order valence-electron chi connectivity index (χ3n) is 5.84. The Morgan fingerprint density at radius 2 is 1.76 bits per heavy atom. The lowest BCUT2D eigenvalue weighted by atomic mass is 9.77. The van der Waals surface area contributed by atoms with Crippen molar-refractivity contribution in [2.45, 2.75) is 73.3 Å². The predicted molar refractivity (Wildman–Crippen MR) is 146 cm³/mol. The molecule has 0 radical (unpaired) electrons. The summed E-state index contributed by atoms with van der Waals surface area (Å²) in [4.78, 5) is 27.3. The molecule has 2 rings (SSSR count). The van der Waals surface area contributed by atoms with Crippen LogP contribution in [0.25, 0.3) is 0 Å². The van der Waals surface area contributed by atoms with Crippen molar-refractivity contribution in [3.8, 4) is 0 Å². The van der Waals surface area contributed by atoms with Gasteiger partial charge in [0, 0.05) is 14.7 Å². The molecule has 2 amide bonds. The molecule has 2 aromatic carbocycles. The van der Waals surface area contributed by atoms with E-state index in [4.69, 9.17) is 0 Å². The van der Waals surface area contributed by atoms with Crippen LogP contribution in [0.4, 0.5) is 0 Å². The van der Waals surface area contributed by atoms with Crippen LogP contribution in [0.15, 0.2) is 36.4 Å². The van der Waals surface area contributed by atoms with Gasteiger partial charge in [-0.1, -0.05) is 60.1 Å². The second kappa shape index (κ2) is 11.7. The van der Waals surface area contributed by atoms with Gasteiger partial charge in [0.1, 0.15) is 0 Å². The first-order valence-corrected chi connectivity index (χ1v) is 12.8. The number of amides is 2. The molecule has 34 heavy (non-hydrogen) atoms. The molecule has 0 aliphatic carbocycles. The van der Waals surface area contributed by atoms with Crippen LogP contribution in [-0.4, -0.2) is 40.0 Å². The minimum atomic E-state index is -1.62. The van der Waals surface area contributed by atoms with Crippen molar-refractivity contribution >= 4 is 47.0 Å². The van der Waals surface area contributed by atoms with Gasteiger partial charge in [-0.05, 0) is 88.1 Å². The lowest BCUT2D eigenvalue weighted by Crippen LogP contribution is -2.56. The monoisotopic (exact) mass is 578 g/mol. The molecule has 0 saturated carbocycles. The molecule has 8 heteroatoms. The lowest BCUT2D eigenvalue weighted by Gasteiger charge is -2.40. The summed E-state index contributed by atoms with van der Waals surface area (Å²) < 4.78 is 0.954. The van der Waals surface area contributed by atoms with Gasteiger partial charge in [-0.2, -0.15) is 0 Å². The van der Waals surface area contributed by atoms with Crippen LogP contribution in [0.1, 0.15) is 92.1 Å². The normalized spacial score (nSPS) is 12.4. The summed E-state index contributed by atoms with van der Waals surface area (Å²) in [7, 11) is -1.62. The van der Waals surface area contributed by atoms with E-state index in [1.807, 2.05) is 39.0 Å². The Balaban J connectivity index is 2.55. The Kier molecular flexibility index (Phi) is 9.74. The smallest absolute Gasteiger partial charge is 0.423 e. The topological polar surface area (TPSA) is 89.9 Å². The van der Waals surface area contributed by atoms with E-state index in [0.717, 1.165) is 22.0 Å². The molecule has 0 unspecified atom stereocenters. The molecular weight excluding hydrogens is 542 g/mol. The second-order valence-corrected chi connectivity index (χ2v) is 11.4. The van der Waals surface area contributed by atoms with Gasteiger partial charge in [0.15, 0.2) is 0 Å². The van der Waals surface area contributed by atoms with E-state index in [-0.39, 0.29) is 23.3 Å². The van der Waals surface area contributed by atoms with Crippen LogP contribution in [-0.2, 0) is 0 Å². The highest BCUT2D eigenvalue weighted by Crippen LogP contribution is 2.29. The summed E-state index contributed by atoms with van der Waals surface area (Å²) in [5.41, 5.74) is 5.56. The van der Waals surface area contributed by atoms with Crippen molar-refractivity contribution in [1.29, 1.82) is 0 Å². The van der Waals surface area contributed by atoms with E-state index in [2.05, 4.69) is 55.7 Å². The summed E-state index contributed by atoms with van der Waals surface area (Å²) in [5.74, 6) is -0.684. The molecule has 0 aliphatic rings. The highest BCUT2D eigenvalue weighted by Gasteiger charge is 2.35. The zero-order valence-corrected chi connectivity index (χ0v) is 23.3. The van der Waals surface area contributed by atoms with E-state index in [1.165, 1.54) is 11.1 Å². The van der Waals surface area contributed by atoms with Gasteiger partial charge in [0.25, 0.3) is 11.8 Å². The van der Waals surface area contributed by atoms with Crippen LogP contribution < -0.4 is 10.9 Å². The third-order valence-corrected chi connectivity index (χ3v) is 6.47. The molecule has 0 bridgehead atoms. The van der Waals surface area contributed by atoms with Crippen molar-refractivity contribution in [2.24, 2.45) is 5.41 Å². The van der Waals surface area contributed by atoms with Crippen LogP contribution in [0.3, 0.4) is 0 Å². The van der Waals surface area contributed by atoms with Gasteiger partial charge in [-0.15, -0.1) is 0 Å². The highest BCUT2D eigenvalue weighted by atomic mass is 127. The average molecular weight is 578 g/mol. The number of benzene rings is 2. The number of hydrogen-bond acceptors (Lipinski definition) is 4. The van der Waals surface area contributed by atoms with Crippen LogP contribution >= 0.6 is 22.6 Å². The maximum atomic E-state index is 13.8. The fraction of sp³-hybridized carbons (Fsp3) is 0.462. The molecule has 184 valence electrons. The lowest BCUT2D eigenvalue weighted by molar-refractivity contribution is 0.0270. The van der Waals surface area contributed by atoms with Crippen LogP contribution in [0.2, 0.25) is 0 Å². The SMILES string of the molecule is CCC[C@@H](N(NC(=O)c1ccc(B(O)O)cc1C(C)C)C(=O)c1cc(C)cc(I)c1)C(C)(C)C. The summed E-state index contributed by atoms with van der Waals surface area (Å²) >= 11 is 2.19. The zero-order valence-electron chi connectivity index (χ0n) is 21.1. The van der Waals surface area contributed by atoms with Gasteiger partial charge >= 0.3 is 7.12 Å². The first-order chi connectivity index (χ1) is 15.8. The summed E-state index contributed by atoms with van der Waals surface area (Å²) in [6, 6.07) is 10.2. The Bertz CT molecular complexity index is 1010. The van der Waals surface area contributed by atoms with Gasteiger partial charge in [-0.25, -0.2) is 5.01 Å². The van der Waals surface area contributed by atoms with E-state index in [9.17, 15) is 19.6 Å². The van der Waals surface area contributed by atoms with Crippen molar-refractivity contribution < 1.29 is 19.6 Å². The highest BCUT2D eigenvalue weighted by molar-refractivity contribution is 14.1. The van der Waals surface area contributed by atoms with Crippen molar-refractivity contribution in [3.05, 3.63) is 62.2 Å². The fourth-order valence-corrected chi connectivity index (χ4v) is 4.91. The van der Waals surface area contributed by atoms with E-state index in [0.29, 0.717) is 22.2 Å². The second-order valence-electron chi connectivity index (χ2n) is 10.2. The number of aryl methyl sites for hydroxylation is 1. The number of halogens is 1. The number of carbonyl (C=O) groups excluding carboxylic acids is 2. The van der Waals surface area contributed by atoms with E-state index in [1.54, 1.807) is 12.1 Å². The van der Waals surface area contributed by atoms with Crippen LogP contribution in [0, 0.1) is 15.9 Å². The number of rotatable bonds is 7. The Hall–Kier alpha value is -1.91. The minimum absolute atomic E-state index is 0.0315. The quantitative estimate of drug-likeness (QED) is 0.258. The number of nitrogens with one attached hydrogen (secondary N) is 1. The van der Waals surface area contributed by atoms with E-state index < -0.39 is 13.0 Å². The molecule has 0 saturated heterocycles. The molecule has 2 aromatic rings. The Labute approximate surface area is 217 Å². The standard InChI is InChI=1S/C26H36BIN2O4/c1-8-9-23(26(5,6)7)30(25(32)18-12-17(4)13-20(28)14-18)29-24(31)21-11-10-19(27(33)34)15-22(21)16(2)3/h10-16,23,33-34H,8-9H2,1-7H3,(H,29,31)/t23-/m1/s1. The molecular formula is C26H36BIN2O4. The zero-order chi connectivity index (χ0) is 25.8. The predicted octanol–water partition coefficient (Wildman–Crippen LogP) is 4.40. The first kappa shape index (κ1) is 28.3. The number of nitrogens with zero attached hydrogens (tertiary/aromatic N) is 1. The molecule has 1 atom stereocenters. The maximum absolute atomic E-state index is 13.8. The summed E-state index contributed by atoms with van der Waals surface area (Å²) in [6.07, 6.45) is 1.58. The molecule has 0 aromatic heterocycles. The van der Waals surface area contributed by atoms with Crippen molar-refractivity contribution in [2.75, 3.05) is 0 Å². The first-order valence-electron chi connectivity index (χ1n) is 11.7. The molecule has 0 heterocycles. The molecule has 3 N–H and O–H groups in total. The van der Waals surface area contributed by atoms with Gasteiger partial charge in [-0.3, -0.25) is 15.0 Å². The number of hydrazine groups is 1. The average Bonchev–Trinajstić information content (AvgIpc) is 2.73. The van der Waals surface area contributed by atoms with Crippen molar-refractivity contribution in [3.63, 3.8) is 0 Å². The molecule has 0 spiro atoms. The van der Waals surface area contributed by atoms with Crippen molar-refractivity contribution in [1.82, 2.24) is 10.4 Å². The summed E-state index contributed by atoms with van der Waals surface area (Å²) in [5, 5.41) is 20.6. The molecule has 0 aliphatic heterocycles. The third kappa shape index (κ3) is 7.05. The van der Waals surface area contributed by atoms with Gasteiger partial charge < -0.3 is 10.0 Å². The summed E-state index contributed by atoms with van der Waals surface area (Å²) in [6.45, 7) is 14.1. The Morgan fingerprint density at radius 3 is 2.26 bits per heavy atom. The Morgan fingerprint density at radius 1 is 1.12 bits per heavy atom. The van der Waals surface area contributed by atoms with E-state index >= 15 is 0 Å². The largest absolute Gasteiger partial charge is 0.488 e. The van der Waals surface area contributed by atoms with Gasteiger partial charge in [0.05, 0.1) is 6.04 Å². The van der Waals surface area contributed by atoms with Gasteiger partial charge in [0.2, 0.25) is 0 Å².